The summed E-state index contributed by atoms with van der Waals surface area (Å²) >= 11 is 0. The summed E-state index contributed by atoms with van der Waals surface area (Å²) in [5.41, 5.74) is 4.10. The zero-order valence-electron chi connectivity index (χ0n) is 14.6. The lowest BCUT2D eigenvalue weighted by Gasteiger charge is -2.08. The molecule has 1 N–H and O–H groups in total. The average Bonchev–Trinajstić information content (AvgIpc) is 2.71. The first-order valence-electron chi connectivity index (χ1n) is 8.45. The Hall–Kier alpha value is -3.60. The van der Waals surface area contributed by atoms with Crippen molar-refractivity contribution in [3.63, 3.8) is 0 Å². The first kappa shape index (κ1) is 18.2. The number of benzene rings is 3. The Labute approximate surface area is 157 Å². The van der Waals surface area contributed by atoms with Crippen molar-refractivity contribution in [1.82, 2.24) is 0 Å². The molecule has 3 aromatic rings. The summed E-state index contributed by atoms with van der Waals surface area (Å²) in [6.07, 6.45) is 1.48. The molecule has 0 bridgehead atoms. The van der Waals surface area contributed by atoms with E-state index in [0.717, 1.165) is 28.0 Å². The molecule has 136 valence electrons. The number of rotatable bonds is 8. The summed E-state index contributed by atoms with van der Waals surface area (Å²) in [5.74, 6) is -0.236. The predicted octanol–water partition coefficient (Wildman–Crippen LogP) is 4.37. The van der Waals surface area contributed by atoms with E-state index < -0.39 is 12.6 Å². The van der Waals surface area contributed by atoms with Crippen molar-refractivity contribution in [3.8, 4) is 16.9 Å². The Morgan fingerprint density at radius 2 is 1.52 bits per heavy atom. The molecule has 5 heteroatoms. The Morgan fingerprint density at radius 3 is 2.15 bits per heavy atom. The standard InChI is InChI=1S/C22H19NO4/c24-22(25)16-27-23-14-17-6-8-19(9-7-17)20-10-12-21(13-11-20)26-15-18-4-2-1-3-5-18/h1-14H,15-16H2,(H,24,25). The van der Waals surface area contributed by atoms with Crippen LogP contribution in [0.3, 0.4) is 0 Å². The summed E-state index contributed by atoms with van der Waals surface area (Å²) in [7, 11) is 0. The van der Waals surface area contributed by atoms with Crippen molar-refractivity contribution < 1.29 is 19.5 Å². The molecule has 0 heterocycles. The second-order valence-electron chi connectivity index (χ2n) is 5.82. The first-order valence-corrected chi connectivity index (χ1v) is 8.45. The van der Waals surface area contributed by atoms with Crippen LogP contribution in [0.5, 0.6) is 5.75 Å². The SMILES string of the molecule is O=C(O)CON=Cc1ccc(-c2ccc(OCc3ccccc3)cc2)cc1. The first-order chi connectivity index (χ1) is 13.2. The van der Waals surface area contributed by atoms with Gasteiger partial charge in [0.25, 0.3) is 0 Å². The zero-order valence-corrected chi connectivity index (χ0v) is 14.6. The molecular formula is C22H19NO4. The molecule has 0 atom stereocenters. The van der Waals surface area contributed by atoms with E-state index in [2.05, 4.69) is 9.99 Å². The molecule has 0 amide bonds. The number of nitrogens with zero attached hydrogens (tertiary/aromatic N) is 1. The minimum absolute atomic E-state index is 0.451. The summed E-state index contributed by atoms with van der Waals surface area (Å²) < 4.78 is 5.80. The van der Waals surface area contributed by atoms with Gasteiger partial charge in [0.2, 0.25) is 6.61 Å². The van der Waals surface area contributed by atoms with Crippen LogP contribution in [0.4, 0.5) is 0 Å². The summed E-state index contributed by atoms with van der Waals surface area (Å²) in [5, 5.41) is 12.1. The van der Waals surface area contributed by atoms with Crippen molar-refractivity contribution in [2.45, 2.75) is 6.61 Å². The highest BCUT2D eigenvalue weighted by Crippen LogP contribution is 2.23. The summed E-state index contributed by atoms with van der Waals surface area (Å²) in [4.78, 5) is 15.0. The highest BCUT2D eigenvalue weighted by Gasteiger charge is 2.00. The maximum absolute atomic E-state index is 10.3. The molecule has 0 saturated heterocycles. The molecule has 0 aliphatic carbocycles. The fourth-order valence-corrected chi connectivity index (χ4v) is 2.44. The van der Waals surface area contributed by atoms with Crippen LogP contribution in [0.2, 0.25) is 0 Å². The fraction of sp³-hybridized carbons (Fsp3) is 0.0909. The lowest BCUT2D eigenvalue weighted by Crippen LogP contribution is -2.03. The van der Waals surface area contributed by atoms with Crippen molar-refractivity contribution in [2.75, 3.05) is 6.61 Å². The molecule has 0 aliphatic heterocycles. The van der Waals surface area contributed by atoms with E-state index in [0.29, 0.717) is 6.61 Å². The second-order valence-corrected chi connectivity index (χ2v) is 5.82. The normalized spacial score (nSPS) is 10.7. The van der Waals surface area contributed by atoms with Gasteiger partial charge < -0.3 is 14.7 Å². The Kier molecular flexibility index (Phi) is 6.20. The number of ether oxygens (including phenoxy) is 1. The van der Waals surface area contributed by atoms with Crippen LogP contribution in [0.1, 0.15) is 11.1 Å². The van der Waals surface area contributed by atoms with Gasteiger partial charge in [0.1, 0.15) is 12.4 Å². The van der Waals surface area contributed by atoms with Crippen LogP contribution in [-0.4, -0.2) is 23.9 Å². The van der Waals surface area contributed by atoms with E-state index >= 15 is 0 Å². The lowest BCUT2D eigenvalue weighted by atomic mass is 10.0. The molecule has 0 saturated carbocycles. The van der Waals surface area contributed by atoms with Gasteiger partial charge in [0.15, 0.2) is 0 Å². The Bertz CT molecular complexity index is 888. The van der Waals surface area contributed by atoms with Crippen LogP contribution in [0, 0.1) is 0 Å². The van der Waals surface area contributed by atoms with E-state index in [9.17, 15) is 4.79 Å². The molecule has 0 unspecified atom stereocenters. The van der Waals surface area contributed by atoms with Gasteiger partial charge >= 0.3 is 5.97 Å². The molecular weight excluding hydrogens is 342 g/mol. The quantitative estimate of drug-likeness (QED) is 0.478. The third kappa shape index (κ3) is 5.71. The molecule has 0 spiro atoms. The monoisotopic (exact) mass is 361 g/mol. The molecule has 0 fully saturated rings. The third-order valence-electron chi connectivity index (χ3n) is 3.81. The van der Waals surface area contributed by atoms with E-state index in [1.165, 1.54) is 6.21 Å². The van der Waals surface area contributed by atoms with Gasteiger partial charge in [-0.25, -0.2) is 4.79 Å². The molecule has 3 rings (SSSR count). The number of carboxylic acids is 1. The average molecular weight is 361 g/mol. The summed E-state index contributed by atoms with van der Waals surface area (Å²) in [6.45, 7) is 0.0887. The van der Waals surface area contributed by atoms with Gasteiger partial charge in [-0.15, -0.1) is 0 Å². The van der Waals surface area contributed by atoms with Gasteiger partial charge in [-0.1, -0.05) is 71.9 Å². The van der Waals surface area contributed by atoms with E-state index in [1.807, 2.05) is 78.9 Å². The number of carboxylic acid groups (broad SMARTS) is 1. The van der Waals surface area contributed by atoms with Crippen molar-refractivity contribution in [1.29, 1.82) is 0 Å². The molecule has 27 heavy (non-hydrogen) atoms. The number of aliphatic carboxylic acids is 1. The van der Waals surface area contributed by atoms with E-state index in [1.54, 1.807) is 0 Å². The molecule has 3 aromatic carbocycles. The van der Waals surface area contributed by atoms with Gasteiger partial charge in [0, 0.05) is 0 Å². The highest BCUT2D eigenvalue weighted by atomic mass is 16.6. The molecule has 0 aromatic heterocycles. The summed E-state index contributed by atoms with van der Waals surface area (Å²) in [6, 6.07) is 25.7. The van der Waals surface area contributed by atoms with Crippen LogP contribution in [0.15, 0.2) is 84.0 Å². The topological polar surface area (TPSA) is 68.1 Å². The van der Waals surface area contributed by atoms with Gasteiger partial charge in [-0.2, -0.15) is 0 Å². The van der Waals surface area contributed by atoms with Gasteiger partial charge in [-0.3, -0.25) is 0 Å². The van der Waals surface area contributed by atoms with Crippen LogP contribution in [-0.2, 0) is 16.2 Å². The number of hydrogen-bond donors (Lipinski definition) is 1. The maximum Gasteiger partial charge on any atom is 0.344 e. The Morgan fingerprint density at radius 1 is 0.889 bits per heavy atom. The number of oxime groups is 1. The van der Waals surface area contributed by atoms with Crippen molar-refractivity contribution >= 4 is 12.2 Å². The van der Waals surface area contributed by atoms with Crippen LogP contribution < -0.4 is 4.74 Å². The van der Waals surface area contributed by atoms with Gasteiger partial charge in [0.05, 0.1) is 6.21 Å². The lowest BCUT2D eigenvalue weighted by molar-refractivity contribution is -0.142. The molecule has 5 nitrogen and oxygen atoms in total. The molecule has 0 aliphatic rings. The van der Waals surface area contributed by atoms with Crippen LogP contribution >= 0.6 is 0 Å². The van der Waals surface area contributed by atoms with Gasteiger partial charge in [-0.05, 0) is 34.4 Å². The third-order valence-corrected chi connectivity index (χ3v) is 3.81. The highest BCUT2D eigenvalue weighted by molar-refractivity contribution is 5.80. The zero-order chi connectivity index (χ0) is 18.9. The smallest absolute Gasteiger partial charge is 0.344 e. The largest absolute Gasteiger partial charge is 0.489 e. The van der Waals surface area contributed by atoms with E-state index in [4.69, 9.17) is 9.84 Å². The van der Waals surface area contributed by atoms with Crippen LogP contribution in [0.25, 0.3) is 11.1 Å². The number of hydrogen-bond acceptors (Lipinski definition) is 4. The Balaban J connectivity index is 1.57. The van der Waals surface area contributed by atoms with Crippen molar-refractivity contribution in [2.24, 2.45) is 5.16 Å². The van der Waals surface area contributed by atoms with E-state index in [-0.39, 0.29) is 0 Å². The fourth-order valence-electron chi connectivity index (χ4n) is 2.44. The molecule has 0 radical (unpaired) electrons. The van der Waals surface area contributed by atoms with Crippen molar-refractivity contribution in [3.05, 3.63) is 90.0 Å². The predicted molar refractivity (Wildman–Crippen MR) is 104 cm³/mol. The minimum atomic E-state index is -1.06. The maximum atomic E-state index is 10.3. The second kappa shape index (κ2) is 9.20. The minimum Gasteiger partial charge on any atom is -0.489 e. The number of carbonyl (C=O) groups is 1.